The van der Waals surface area contributed by atoms with Gasteiger partial charge in [-0.2, -0.15) is 0 Å². The van der Waals surface area contributed by atoms with Crippen molar-refractivity contribution < 1.29 is 14.6 Å². The maximum atomic E-state index is 11.1. The number of hydrogen-bond donors (Lipinski definition) is 2. The Labute approximate surface area is 189 Å². The lowest BCUT2D eigenvalue weighted by Crippen LogP contribution is -2.12. The van der Waals surface area contributed by atoms with E-state index in [0.29, 0.717) is 24.6 Å². The van der Waals surface area contributed by atoms with E-state index in [0.717, 1.165) is 35.1 Å². The molecule has 2 aromatic carbocycles. The van der Waals surface area contributed by atoms with Crippen molar-refractivity contribution in [3.8, 4) is 28.4 Å². The molecule has 32 heavy (non-hydrogen) atoms. The second-order valence-corrected chi connectivity index (χ2v) is 7.53. The second-order valence-electron chi connectivity index (χ2n) is 7.17. The number of tetrazole rings is 1. The standard InChI is InChI=1S/C22H21ClN6O3/c1-2-3-8-18-24-19(23)21(32-22(30)31)29(18)13-14-9-11-15(12-10-14)16-6-4-5-7-17(16)20-25-27-28-26-20/h4-7,9-12H,2-3,8,13H2,1H3,(H,30,31)(H,25,26,27,28). The van der Waals surface area contributed by atoms with Crippen LogP contribution in [0, 0.1) is 0 Å². The van der Waals surface area contributed by atoms with Gasteiger partial charge in [-0.3, -0.25) is 4.57 Å². The predicted molar refractivity (Wildman–Crippen MR) is 119 cm³/mol. The maximum absolute atomic E-state index is 11.1. The molecule has 0 unspecified atom stereocenters. The molecule has 2 N–H and O–H groups in total. The zero-order valence-corrected chi connectivity index (χ0v) is 18.1. The first-order valence-electron chi connectivity index (χ1n) is 10.1. The normalized spacial score (nSPS) is 10.9. The van der Waals surface area contributed by atoms with Gasteiger partial charge < -0.3 is 9.84 Å². The van der Waals surface area contributed by atoms with Crippen molar-refractivity contribution in [1.82, 2.24) is 30.2 Å². The van der Waals surface area contributed by atoms with E-state index in [2.05, 4.69) is 32.5 Å². The Kier molecular flexibility index (Phi) is 6.46. The van der Waals surface area contributed by atoms with E-state index in [1.165, 1.54) is 0 Å². The highest BCUT2D eigenvalue weighted by molar-refractivity contribution is 6.30. The average molecular weight is 453 g/mol. The van der Waals surface area contributed by atoms with Gasteiger partial charge in [0.25, 0.3) is 0 Å². The lowest BCUT2D eigenvalue weighted by molar-refractivity contribution is 0.140. The van der Waals surface area contributed by atoms with E-state index in [9.17, 15) is 4.79 Å². The summed E-state index contributed by atoms with van der Waals surface area (Å²) < 4.78 is 6.64. The van der Waals surface area contributed by atoms with Crippen molar-refractivity contribution in [2.75, 3.05) is 0 Å². The molecule has 0 bridgehead atoms. The first kappa shape index (κ1) is 21.5. The van der Waals surface area contributed by atoms with Crippen LogP contribution in [0.25, 0.3) is 22.5 Å². The van der Waals surface area contributed by atoms with Crippen LogP contribution in [0.3, 0.4) is 0 Å². The molecule has 2 aromatic heterocycles. The van der Waals surface area contributed by atoms with Crippen LogP contribution in [-0.2, 0) is 13.0 Å². The van der Waals surface area contributed by atoms with Gasteiger partial charge in [0.2, 0.25) is 5.88 Å². The van der Waals surface area contributed by atoms with Gasteiger partial charge in [0.1, 0.15) is 5.82 Å². The van der Waals surface area contributed by atoms with Gasteiger partial charge in [-0.15, -0.1) is 5.10 Å². The summed E-state index contributed by atoms with van der Waals surface area (Å²) in [7, 11) is 0. The zero-order chi connectivity index (χ0) is 22.5. The van der Waals surface area contributed by atoms with Crippen LogP contribution in [0.5, 0.6) is 5.88 Å². The zero-order valence-electron chi connectivity index (χ0n) is 17.3. The van der Waals surface area contributed by atoms with Crippen LogP contribution in [0.1, 0.15) is 31.2 Å². The third-order valence-electron chi connectivity index (χ3n) is 5.03. The van der Waals surface area contributed by atoms with Gasteiger partial charge in [0.05, 0.1) is 6.54 Å². The SMILES string of the molecule is CCCCc1nc(Cl)c(OC(=O)O)n1Cc1ccc(-c2ccccc2-c2nnn[nH]2)cc1. The number of carbonyl (C=O) groups is 1. The summed E-state index contributed by atoms with van der Waals surface area (Å²) in [5.41, 5.74) is 3.83. The number of halogens is 1. The molecule has 0 saturated heterocycles. The molecule has 164 valence electrons. The Hall–Kier alpha value is -3.72. The van der Waals surface area contributed by atoms with E-state index >= 15 is 0 Å². The summed E-state index contributed by atoms with van der Waals surface area (Å²) in [6.07, 6.45) is 1.14. The molecule has 9 nitrogen and oxygen atoms in total. The van der Waals surface area contributed by atoms with Crippen molar-refractivity contribution in [2.45, 2.75) is 32.7 Å². The minimum Gasteiger partial charge on any atom is -0.449 e. The lowest BCUT2D eigenvalue weighted by Gasteiger charge is -2.12. The van der Waals surface area contributed by atoms with Crippen molar-refractivity contribution in [2.24, 2.45) is 0 Å². The number of aromatic nitrogens is 6. The van der Waals surface area contributed by atoms with Gasteiger partial charge in [-0.1, -0.05) is 73.5 Å². The number of H-pyrrole nitrogens is 1. The highest BCUT2D eigenvalue weighted by Gasteiger charge is 2.20. The fourth-order valence-corrected chi connectivity index (χ4v) is 3.74. The number of hydrogen-bond acceptors (Lipinski definition) is 6. The Morgan fingerprint density at radius 3 is 2.56 bits per heavy atom. The molecule has 4 aromatic rings. The van der Waals surface area contributed by atoms with E-state index in [1.807, 2.05) is 48.5 Å². The summed E-state index contributed by atoms with van der Waals surface area (Å²) in [6.45, 7) is 2.46. The molecule has 0 radical (unpaired) electrons. The first-order valence-corrected chi connectivity index (χ1v) is 10.5. The van der Waals surface area contributed by atoms with E-state index < -0.39 is 6.16 Å². The molecule has 0 atom stereocenters. The Morgan fingerprint density at radius 2 is 1.91 bits per heavy atom. The molecule has 10 heteroatoms. The third kappa shape index (κ3) is 4.62. The fraction of sp³-hybridized carbons (Fsp3) is 0.227. The summed E-state index contributed by atoms with van der Waals surface area (Å²) in [5.74, 6) is 1.33. The number of ether oxygens (including phenoxy) is 1. The molecule has 0 amide bonds. The Morgan fingerprint density at radius 1 is 1.16 bits per heavy atom. The molecular formula is C22H21ClN6O3. The van der Waals surface area contributed by atoms with Gasteiger partial charge >= 0.3 is 6.16 Å². The number of unbranched alkanes of at least 4 members (excludes halogenated alkanes) is 1. The minimum absolute atomic E-state index is 0.0394. The van der Waals surface area contributed by atoms with Crippen molar-refractivity contribution in [3.05, 3.63) is 65.1 Å². The number of aromatic amines is 1. The monoisotopic (exact) mass is 452 g/mol. The number of benzene rings is 2. The van der Waals surface area contributed by atoms with Crippen LogP contribution in [-0.4, -0.2) is 41.4 Å². The summed E-state index contributed by atoms with van der Waals surface area (Å²) >= 11 is 6.17. The molecule has 2 heterocycles. The predicted octanol–water partition coefficient (Wildman–Crippen LogP) is 4.83. The molecule has 0 aliphatic heterocycles. The van der Waals surface area contributed by atoms with E-state index in [1.54, 1.807) is 4.57 Å². The maximum Gasteiger partial charge on any atom is 0.512 e. The highest BCUT2D eigenvalue weighted by atomic mass is 35.5. The number of imidazole rings is 1. The third-order valence-corrected chi connectivity index (χ3v) is 5.28. The Balaban J connectivity index is 1.64. The second kappa shape index (κ2) is 9.61. The largest absolute Gasteiger partial charge is 0.512 e. The average Bonchev–Trinajstić information content (AvgIpc) is 3.42. The number of rotatable bonds is 8. The van der Waals surface area contributed by atoms with Gasteiger partial charge in [0, 0.05) is 12.0 Å². The van der Waals surface area contributed by atoms with Crippen LogP contribution in [0.15, 0.2) is 48.5 Å². The highest BCUT2D eigenvalue weighted by Crippen LogP contribution is 2.31. The van der Waals surface area contributed by atoms with Crippen molar-refractivity contribution in [1.29, 1.82) is 0 Å². The van der Waals surface area contributed by atoms with E-state index in [4.69, 9.17) is 21.4 Å². The topological polar surface area (TPSA) is 119 Å². The van der Waals surface area contributed by atoms with Crippen LogP contribution in [0.4, 0.5) is 4.79 Å². The van der Waals surface area contributed by atoms with Crippen LogP contribution < -0.4 is 4.74 Å². The molecule has 0 aliphatic carbocycles. The van der Waals surface area contributed by atoms with E-state index in [-0.39, 0.29) is 11.0 Å². The van der Waals surface area contributed by atoms with Crippen LogP contribution in [0.2, 0.25) is 5.15 Å². The molecule has 0 fully saturated rings. The molecule has 0 saturated carbocycles. The van der Waals surface area contributed by atoms with Crippen molar-refractivity contribution in [3.63, 3.8) is 0 Å². The summed E-state index contributed by atoms with van der Waals surface area (Å²) in [5, 5.41) is 23.3. The molecular weight excluding hydrogens is 432 g/mol. The quantitative estimate of drug-likeness (QED) is 0.367. The summed E-state index contributed by atoms with van der Waals surface area (Å²) in [4.78, 5) is 15.5. The molecule has 0 spiro atoms. The van der Waals surface area contributed by atoms with Gasteiger partial charge in [-0.25, -0.2) is 14.9 Å². The minimum atomic E-state index is -1.43. The number of nitrogens with one attached hydrogen (secondary N) is 1. The smallest absolute Gasteiger partial charge is 0.449 e. The molecule has 4 rings (SSSR count). The Bertz CT molecular complexity index is 1210. The van der Waals surface area contributed by atoms with Crippen LogP contribution >= 0.6 is 11.6 Å². The summed E-state index contributed by atoms with van der Waals surface area (Å²) in [6, 6.07) is 15.8. The van der Waals surface area contributed by atoms with Gasteiger partial charge in [-0.05, 0) is 33.5 Å². The number of nitrogens with zero attached hydrogens (tertiary/aromatic N) is 5. The first-order chi connectivity index (χ1) is 15.6. The lowest BCUT2D eigenvalue weighted by atomic mass is 9.98. The van der Waals surface area contributed by atoms with Gasteiger partial charge in [0.15, 0.2) is 11.0 Å². The number of aryl methyl sites for hydroxylation is 1. The fourth-order valence-electron chi connectivity index (χ4n) is 3.51. The molecule has 0 aliphatic rings. The number of carboxylic acid groups (broad SMARTS) is 1. The van der Waals surface area contributed by atoms with Crippen molar-refractivity contribution >= 4 is 17.8 Å².